The van der Waals surface area contributed by atoms with E-state index in [1.807, 2.05) is 60.7 Å². The summed E-state index contributed by atoms with van der Waals surface area (Å²) in [5.74, 6) is 1.59. The molecule has 36 heavy (non-hydrogen) atoms. The van der Waals surface area contributed by atoms with Gasteiger partial charge in [-0.25, -0.2) is 4.68 Å². The average Bonchev–Trinajstić information content (AvgIpc) is 3.38. The Kier molecular flexibility index (Phi) is 6.96. The molecular weight excluding hydrogens is 499 g/mol. The molecule has 1 aromatic carbocycles. The molecule has 3 aromatic heterocycles. The average molecular weight is 527 g/mol. The first kappa shape index (κ1) is 24.7. The molecule has 188 valence electrons. The Bertz CT molecular complexity index is 1420. The van der Waals surface area contributed by atoms with Gasteiger partial charge in [0.05, 0.1) is 15.7 Å². The second kappa shape index (κ2) is 10.2. The molecule has 5 rings (SSSR count). The summed E-state index contributed by atoms with van der Waals surface area (Å²) in [6.07, 6.45) is 1.10. The highest BCUT2D eigenvalue weighted by molar-refractivity contribution is 6.42. The summed E-state index contributed by atoms with van der Waals surface area (Å²) < 4.78 is 3.53. The van der Waals surface area contributed by atoms with Crippen LogP contribution < -0.4 is 0 Å². The summed E-state index contributed by atoms with van der Waals surface area (Å²) >= 11 is 12.2. The van der Waals surface area contributed by atoms with E-state index in [0.29, 0.717) is 34.4 Å². The van der Waals surface area contributed by atoms with E-state index in [1.54, 1.807) is 4.52 Å². The number of amides is 1. The normalized spacial score (nSPS) is 14.6. The van der Waals surface area contributed by atoms with Crippen LogP contribution in [-0.2, 0) is 17.8 Å². The fourth-order valence-electron chi connectivity index (χ4n) is 4.70. The summed E-state index contributed by atoms with van der Waals surface area (Å²) in [6, 6.07) is 9.50. The highest BCUT2D eigenvalue weighted by Gasteiger charge is 2.22. The standard InChI is InChI=1S/C25H28Cl2N8O/c1-16-20(17(2)34(30-16)24-8-7-23-29-28-18(3)35(23)31-24)5-9-25(36)33-12-10-32(11-13-33)15-19-4-6-21(26)22(27)14-19/h4,6-8,14H,5,9-13,15H2,1-3H3. The first-order valence-corrected chi connectivity index (χ1v) is 12.7. The Morgan fingerprint density at radius 1 is 0.944 bits per heavy atom. The van der Waals surface area contributed by atoms with E-state index in [9.17, 15) is 4.79 Å². The van der Waals surface area contributed by atoms with Crippen LogP contribution >= 0.6 is 23.2 Å². The minimum atomic E-state index is 0.176. The van der Waals surface area contributed by atoms with Crippen molar-refractivity contribution in [2.24, 2.45) is 0 Å². The highest BCUT2D eigenvalue weighted by Crippen LogP contribution is 2.24. The lowest BCUT2D eigenvalue weighted by molar-refractivity contribution is -0.133. The van der Waals surface area contributed by atoms with Crippen LogP contribution in [0.3, 0.4) is 0 Å². The van der Waals surface area contributed by atoms with Crippen LogP contribution in [0.25, 0.3) is 11.5 Å². The van der Waals surface area contributed by atoms with Gasteiger partial charge in [0.25, 0.3) is 0 Å². The number of fused-ring (bicyclic) bond motifs is 1. The van der Waals surface area contributed by atoms with Crippen molar-refractivity contribution in [1.29, 1.82) is 0 Å². The van der Waals surface area contributed by atoms with Crippen LogP contribution in [0, 0.1) is 20.8 Å². The zero-order valence-electron chi connectivity index (χ0n) is 20.6. The molecule has 1 fully saturated rings. The van der Waals surface area contributed by atoms with Crippen molar-refractivity contribution >= 4 is 34.8 Å². The highest BCUT2D eigenvalue weighted by atomic mass is 35.5. The lowest BCUT2D eigenvalue weighted by Crippen LogP contribution is -2.48. The van der Waals surface area contributed by atoms with Gasteiger partial charge < -0.3 is 4.90 Å². The van der Waals surface area contributed by atoms with Crippen LogP contribution in [0.5, 0.6) is 0 Å². The van der Waals surface area contributed by atoms with Gasteiger partial charge in [0.15, 0.2) is 17.3 Å². The van der Waals surface area contributed by atoms with E-state index in [1.165, 1.54) is 0 Å². The van der Waals surface area contributed by atoms with Crippen molar-refractivity contribution in [2.75, 3.05) is 26.2 Å². The number of benzene rings is 1. The first-order chi connectivity index (χ1) is 17.3. The minimum absolute atomic E-state index is 0.176. The maximum Gasteiger partial charge on any atom is 0.222 e. The van der Waals surface area contributed by atoms with E-state index < -0.39 is 0 Å². The van der Waals surface area contributed by atoms with Gasteiger partial charge >= 0.3 is 0 Å². The summed E-state index contributed by atoms with van der Waals surface area (Å²) in [7, 11) is 0. The lowest BCUT2D eigenvalue weighted by Gasteiger charge is -2.35. The van der Waals surface area contributed by atoms with Gasteiger partial charge in [0.1, 0.15) is 0 Å². The van der Waals surface area contributed by atoms with Crippen molar-refractivity contribution in [1.82, 2.24) is 39.4 Å². The Hall–Kier alpha value is -3.01. The molecule has 1 amide bonds. The molecule has 0 N–H and O–H groups in total. The molecule has 0 saturated carbocycles. The summed E-state index contributed by atoms with van der Waals surface area (Å²) in [5.41, 5.74) is 4.81. The van der Waals surface area contributed by atoms with Gasteiger partial charge in [0, 0.05) is 44.8 Å². The number of aromatic nitrogens is 6. The van der Waals surface area contributed by atoms with Gasteiger partial charge in [-0.3, -0.25) is 9.69 Å². The third-order valence-corrected chi connectivity index (χ3v) is 7.51. The van der Waals surface area contributed by atoms with E-state index in [-0.39, 0.29) is 5.91 Å². The minimum Gasteiger partial charge on any atom is -0.340 e. The smallest absolute Gasteiger partial charge is 0.222 e. The van der Waals surface area contributed by atoms with Crippen molar-refractivity contribution in [3.05, 3.63) is 68.7 Å². The fraction of sp³-hybridized carbons (Fsp3) is 0.400. The molecule has 4 aromatic rings. The molecule has 0 bridgehead atoms. The van der Waals surface area contributed by atoms with Crippen LogP contribution in [0.15, 0.2) is 30.3 Å². The molecule has 4 heterocycles. The fourth-order valence-corrected chi connectivity index (χ4v) is 5.02. The molecule has 0 aliphatic carbocycles. The molecule has 0 spiro atoms. The Morgan fingerprint density at radius 2 is 1.72 bits per heavy atom. The molecular formula is C25H28Cl2N8O. The second-order valence-electron chi connectivity index (χ2n) is 9.18. The van der Waals surface area contributed by atoms with E-state index in [0.717, 1.165) is 61.1 Å². The number of hydrogen-bond donors (Lipinski definition) is 0. The molecule has 1 aliphatic heterocycles. The van der Waals surface area contributed by atoms with Gasteiger partial charge in [-0.15, -0.1) is 15.3 Å². The Labute approximate surface area is 219 Å². The third-order valence-electron chi connectivity index (χ3n) is 6.77. The molecule has 1 saturated heterocycles. The van der Waals surface area contributed by atoms with Gasteiger partial charge in [0.2, 0.25) is 5.91 Å². The van der Waals surface area contributed by atoms with Crippen molar-refractivity contribution in [2.45, 2.75) is 40.2 Å². The van der Waals surface area contributed by atoms with Gasteiger partial charge in [-0.2, -0.15) is 9.61 Å². The molecule has 9 nitrogen and oxygen atoms in total. The molecule has 1 aliphatic rings. The maximum atomic E-state index is 13.0. The zero-order chi connectivity index (χ0) is 25.4. The van der Waals surface area contributed by atoms with Crippen LogP contribution in [0.2, 0.25) is 10.0 Å². The van der Waals surface area contributed by atoms with E-state index in [2.05, 4.69) is 20.2 Å². The van der Waals surface area contributed by atoms with Crippen molar-refractivity contribution in [3.63, 3.8) is 0 Å². The van der Waals surface area contributed by atoms with Crippen molar-refractivity contribution in [3.8, 4) is 5.82 Å². The van der Waals surface area contributed by atoms with Gasteiger partial charge in [-0.1, -0.05) is 29.3 Å². The summed E-state index contributed by atoms with van der Waals surface area (Å²) in [4.78, 5) is 17.3. The van der Waals surface area contributed by atoms with Crippen LogP contribution in [0.4, 0.5) is 0 Å². The molecule has 11 heteroatoms. The first-order valence-electron chi connectivity index (χ1n) is 12.0. The molecule has 0 radical (unpaired) electrons. The monoisotopic (exact) mass is 526 g/mol. The largest absolute Gasteiger partial charge is 0.340 e. The summed E-state index contributed by atoms with van der Waals surface area (Å²) in [5, 5.41) is 18.6. The third kappa shape index (κ3) is 4.96. The zero-order valence-corrected chi connectivity index (χ0v) is 22.1. The number of hydrogen-bond acceptors (Lipinski definition) is 6. The number of carbonyl (C=O) groups is 1. The predicted molar refractivity (Wildman–Crippen MR) is 139 cm³/mol. The SMILES string of the molecule is Cc1nn(-c2ccc3nnc(C)n3n2)c(C)c1CCC(=O)N1CCN(Cc2ccc(Cl)c(Cl)c2)CC1. The Morgan fingerprint density at radius 3 is 2.47 bits per heavy atom. The predicted octanol–water partition coefficient (Wildman–Crippen LogP) is 3.82. The quantitative estimate of drug-likeness (QED) is 0.379. The topological polar surface area (TPSA) is 84.4 Å². The maximum absolute atomic E-state index is 13.0. The van der Waals surface area contributed by atoms with Gasteiger partial charge in [-0.05, 0) is 62.6 Å². The number of rotatable bonds is 6. The van der Waals surface area contributed by atoms with E-state index >= 15 is 0 Å². The number of halogens is 2. The Balaban J connectivity index is 1.18. The van der Waals surface area contributed by atoms with E-state index in [4.69, 9.17) is 28.3 Å². The van der Waals surface area contributed by atoms with Crippen LogP contribution in [0.1, 0.15) is 34.8 Å². The molecule has 0 unspecified atom stereocenters. The number of aryl methyl sites for hydroxylation is 2. The van der Waals surface area contributed by atoms with Crippen molar-refractivity contribution < 1.29 is 4.79 Å². The lowest BCUT2D eigenvalue weighted by atomic mass is 10.1. The number of nitrogens with zero attached hydrogens (tertiary/aromatic N) is 8. The van der Waals surface area contributed by atoms with Crippen LogP contribution in [-0.4, -0.2) is 71.5 Å². The second-order valence-corrected chi connectivity index (χ2v) is 9.99. The number of piperazine rings is 1. The number of carbonyl (C=O) groups excluding carboxylic acids is 1. The molecule has 0 atom stereocenters. The summed E-state index contributed by atoms with van der Waals surface area (Å²) in [6.45, 7) is 9.77.